The molecule has 3 N–H and O–H groups in total. The van der Waals surface area contributed by atoms with Gasteiger partial charge in [0.1, 0.15) is 6.04 Å². The van der Waals surface area contributed by atoms with Gasteiger partial charge in [-0.05, 0) is 11.5 Å². The van der Waals surface area contributed by atoms with Crippen molar-refractivity contribution in [3.63, 3.8) is 0 Å². The maximum atomic E-state index is 11.6. The highest BCUT2D eigenvalue weighted by atomic mass is 16.4. The Labute approximate surface area is 106 Å². The zero-order valence-corrected chi connectivity index (χ0v) is 10.5. The van der Waals surface area contributed by atoms with Gasteiger partial charge in [0, 0.05) is 6.54 Å². The van der Waals surface area contributed by atoms with Gasteiger partial charge in [-0.2, -0.15) is 0 Å². The first-order valence-electron chi connectivity index (χ1n) is 5.82. The molecular formula is C13H18N2O3. The molecule has 5 heteroatoms. The van der Waals surface area contributed by atoms with Crippen LogP contribution in [0.15, 0.2) is 30.3 Å². The predicted octanol–water partition coefficient (Wildman–Crippen LogP) is 1.60. The highest BCUT2D eigenvalue weighted by Crippen LogP contribution is 2.02. The van der Waals surface area contributed by atoms with Gasteiger partial charge in [-0.15, -0.1) is 0 Å². The molecule has 0 spiro atoms. The SMILES string of the molecule is CC(C)[C@@H](NC(=O)NCc1ccccc1)C(=O)O. The van der Waals surface area contributed by atoms with Crippen molar-refractivity contribution in [2.24, 2.45) is 5.92 Å². The molecule has 0 radical (unpaired) electrons. The maximum Gasteiger partial charge on any atom is 0.326 e. The number of aliphatic carboxylic acids is 1. The number of carboxylic acid groups (broad SMARTS) is 1. The van der Waals surface area contributed by atoms with Crippen molar-refractivity contribution in [1.82, 2.24) is 10.6 Å². The molecule has 0 unspecified atom stereocenters. The van der Waals surface area contributed by atoms with Crippen LogP contribution in [0.1, 0.15) is 19.4 Å². The summed E-state index contributed by atoms with van der Waals surface area (Å²) >= 11 is 0. The summed E-state index contributed by atoms with van der Waals surface area (Å²) in [5.41, 5.74) is 0.962. The van der Waals surface area contributed by atoms with Crippen LogP contribution in [0.3, 0.4) is 0 Å². The number of nitrogens with one attached hydrogen (secondary N) is 2. The van der Waals surface area contributed by atoms with E-state index in [1.807, 2.05) is 30.3 Å². The molecular weight excluding hydrogens is 232 g/mol. The zero-order chi connectivity index (χ0) is 13.5. The van der Waals surface area contributed by atoms with Crippen LogP contribution in [0.25, 0.3) is 0 Å². The van der Waals surface area contributed by atoms with E-state index in [-0.39, 0.29) is 5.92 Å². The lowest BCUT2D eigenvalue weighted by molar-refractivity contribution is -0.140. The first-order valence-corrected chi connectivity index (χ1v) is 5.82. The van der Waals surface area contributed by atoms with E-state index in [4.69, 9.17) is 5.11 Å². The molecule has 98 valence electrons. The molecule has 0 fully saturated rings. The van der Waals surface area contributed by atoms with Crippen molar-refractivity contribution in [2.45, 2.75) is 26.4 Å². The lowest BCUT2D eigenvalue weighted by Gasteiger charge is -2.18. The number of carbonyl (C=O) groups is 2. The van der Waals surface area contributed by atoms with Crippen LogP contribution in [0.4, 0.5) is 4.79 Å². The van der Waals surface area contributed by atoms with Crippen molar-refractivity contribution in [2.75, 3.05) is 0 Å². The monoisotopic (exact) mass is 250 g/mol. The summed E-state index contributed by atoms with van der Waals surface area (Å²) < 4.78 is 0. The molecule has 0 saturated carbocycles. The van der Waals surface area contributed by atoms with E-state index >= 15 is 0 Å². The molecule has 1 aromatic carbocycles. The Morgan fingerprint density at radius 1 is 1.22 bits per heavy atom. The molecule has 2 amide bonds. The second kappa shape index (κ2) is 6.64. The fourth-order valence-electron chi connectivity index (χ4n) is 1.48. The summed E-state index contributed by atoms with van der Waals surface area (Å²) in [6, 6.07) is 8.07. The average molecular weight is 250 g/mol. The third-order valence-electron chi connectivity index (χ3n) is 2.52. The number of carboxylic acids is 1. The molecule has 0 aliphatic carbocycles. The third-order valence-corrected chi connectivity index (χ3v) is 2.52. The third kappa shape index (κ3) is 4.45. The molecule has 0 aliphatic heterocycles. The number of benzene rings is 1. The summed E-state index contributed by atoms with van der Waals surface area (Å²) in [7, 11) is 0. The Kier molecular flexibility index (Phi) is 5.17. The van der Waals surface area contributed by atoms with Crippen LogP contribution in [0, 0.1) is 5.92 Å². The minimum absolute atomic E-state index is 0.162. The first kappa shape index (κ1) is 14.0. The minimum Gasteiger partial charge on any atom is -0.480 e. The van der Waals surface area contributed by atoms with Gasteiger partial charge in [-0.25, -0.2) is 9.59 Å². The Hall–Kier alpha value is -2.04. The van der Waals surface area contributed by atoms with Gasteiger partial charge in [-0.3, -0.25) is 0 Å². The predicted molar refractivity (Wildman–Crippen MR) is 68.1 cm³/mol. The molecule has 1 aromatic rings. The molecule has 0 saturated heterocycles. The van der Waals surface area contributed by atoms with Gasteiger partial charge in [0.05, 0.1) is 0 Å². The fraction of sp³-hybridized carbons (Fsp3) is 0.385. The zero-order valence-electron chi connectivity index (χ0n) is 10.5. The largest absolute Gasteiger partial charge is 0.480 e. The van der Waals surface area contributed by atoms with Crippen molar-refractivity contribution in [1.29, 1.82) is 0 Å². The van der Waals surface area contributed by atoms with E-state index < -0.39 is 18.0 Å². The number of hydrogen-bond acceptors (Lipinski definition) is 2. The molecule has 0 heterocycles. The first-order chi connectivity index (χ1) is 8.50. The topological polar surface area (TPSA) is 78.4 Å². The summed E-state index contributed by atoms with van der Waals surface area (Å²) in [6.45, 7) is 3.86. The second-order valence-electron chi connectivity index (χ2n) is 4.37. The maximum absolute atomic E-state index is 11.6. The number of urea groups is 1. The second-order valence-corrected chi connectivity index (χ2v) is 4.37. The van der Waals surface area contributed by atoms with Crippen molar-refractivity contribution < 1.29 is 14.7 Å². The summed E-state index contributed by atoms with van der Waals surface area (Å²) in [6.07, 6.45) is 0. The van der Waals surface area contributed by atoms with E-state index in [1.54, 1.807) is 13.8 Å². The summed E-state index contributed by atoms with van der Waals surface area (Å²) in [5, 5.41) is 14.0. The molecule has 1 rings (SSSR count). The van der Waals surface area contributed by atoms with Gasteiger partial charge < -0.3 is 15.7 Å². The smallest absolute Gasteiger partial charge is 0.326 e. The molecule has 18 heavy (non-hydrogen) atoms. The van der Waals surface area contributed by atoms with Gasteiger partial charge in [0.25, 0.3) is 0 Å². The molecule has 0 bridgehead atoms. The molecule has 5 nitrogen and oxygen atoms in total. The average Bonchev–Trinajstić information content (AvgIpc) is 2.34. The van der Waals surface area contributed by atoms with Crippen molar-refractivity contribution >= 4 is 12.0 Å². The minimum atomic E-state index is -1.03. The van der Waals surface area contributed by atoms with E-state index in [1.165, 1.54) is 0 Å². The van der Waals surface area contributed by atoms with Crippen LogP contribution in [-0.2, 0) is 11.3 Å². The quantitative estimate of drug-likeness (QED) is 0.742. The highest BCUT2D eigenvalue weighted by Gasteiger charge is 2.22. The van der Waals surface area contributed by atoms with E-state index in [9.17, 15) is 9.59 Å². The van der Waals surface area contributed by atoms with Crippen LogP contribution in [0.5, 0.6) is 0 Å². The van der Waals surface area contributed by atoms with E-state index in [0.717, 1.165) is 5.56 Å². The summed E-state index contributed by atoms with van der Waals surface area (Å²) in [4.78, 5) is 22.5. The fourth-order valence-corrected chi connectivity index (χ4v) is 1.48. The number of carbonyl (C=O) groups excluding carboxylic acids is 1. The van der Waals surface area contributed by atoms with Crippen molar-refractivity contribution in [3.05, 3.63) is 35.9 Å². The lowest BCUT2D eigenvalue weighted by atomic mass is 10.1. The highest BCUT2D eigenvalue weighted by molar-refractivity contribution is 5.82. The standard InChI is InChI=1S/C13H18N2O3/c1-9(2)11(12(16)17)15-13(18)14-8-10-6-4-3-5-7-10/h3-7,9,11H,8H2,1-2H3,(H,16,17)(H2,14,15,18)/t11-/m1/s1. The lowest BCUT2D eigenvalue weighted by Crippen LogP contribution is -2.48. The van der Waals surface area contributed by atoms with Crippen LogP contribution in [0.2, 0.25) is 0 Å². The summed E-state index contributed by atoms with van der Waals surface area (Å²) in [5.74, 6) is -1.19. The van der Waals surface area contributed by atoms with Gasteiger partial charge in [-0.1, -0.05) is 44.2 Å². The molecule has 0 aliphatic rings. The Morgan fingerprint density at radius 3 is 2.33 bits per heavy atom. The number of hydrogen-bond donors (Lipinski definition) is 3. The van der Waals surface area contributed by atoms with E-state index in [0.29, 0.717) is 6.54 Å². The Balaban J connectivity index is 2.44. The van der Waals surface area contributed by atoms with Crippen LogP contribution >= 0.6 is 0 Å². The molecule has 0 aromatic heterocycles. The van der Waals surface area contributed by atoms with Crippen LogP contribution in [-0.4, -0.2) is 23.1 Å². The number of amides is 2. The van der Waals surface area contributed by atoms with E-state index in [2.05, 4.69) is 10.6 Å². The van der Waals surface area contributed by atoms with Crippen molar-refractivity contribution in [3.8, 4) is 0 Å². The van der Waals surface area contributed by atoms with Gasteiger partial charge >= 0.3 is 12.0 Å². The van der Waals surface area contributed by atoms with Crippen LogP contribution < -0.4 is 10.6 Å². The Bertz CT molecular complexity index is 404. The normalized spacial score (nSPS) is 11.9. The number of rotatable bonds is 5. The molecule has 1 atom stereocenters. The van der Waals surface area contributed by atoms with Gasteiger partial charge in [0.15, 0.2) is 0 Å². The van der Waals surface area contributed by atoms with Gasteiger partial charge in [0.2, 0.25) is 0 Å². The Morgan fingerprint density at radius 2 is 1.83 bits per heavy atom.